The van der Waals surface area contributed by atoms with E-state index in [1.54, 1.807) is 6.92 Å². The van der Waals surface area contributed by atoms with Crippen molar-refractivity contribution in [3.05, 3.63) is 46.9 Å². The van der Waals surface area contributed by atoms with Gasteiger partial charge in [0, 0.05) is 54.4 Å². The Labute approximate surface area is 426 Å². The molecule has 9 aliphatic rings. The van der Waals surface area contributed by atoms with Gasteiger partial charge < -0.3 is 52.0 Å². The van der Waals surface area contributed by atoms with Gasteiger partial charge in [0.1, 0.15) is 5.78 Å². The molecule has 0 aromatic carbocycles. The average Bonchev–Trinajstić information content (AvgIpc) is 4.16. The summed E-state index contributed by atoms with van der Waals surface area (Å²) >= 11 is 0. The SMILES string of the molecule is CC(=O)CNC1=C2C(CCC3(CCN=C(N)N)C4C(CC#CC(C5COC(=O)C5c5cc[nH]c5)CC5C6CC(C)CCC6=CCC5C(C)CC(O)C4(C)O)CC23O)C2(C3CCCC3)CC(O)C(O)CC2C1=O. The largest absolute Gasteiger partial charge is 0.465 e. The molecule has 0 spiro atoms. The highest BCUT2D eigenvalue weighted by Gasteiger charge is 2.75. The topological polar surface area (TPSA) is 254 Å². The second-order valence-electron chi connectivity index (χ2n) is 25.1. The lowest BCUT2D eigenvalue weighted by Gasteiger charge is -2.64. The number of carbonyl (C=O) groups excluding carboxylic acids is 3. The zero-order valence-corrected chi connectivity index (χ0v) is 43.2. The highest BCUT2D eigenvalue weighted by molar-refractivity contribution is 6.00. The Balaban J connectivity index is 1.15. The van der Waals surface area contributed by atoms with Crippen LogP contribution >= 0.6 is 0 Å². The Bertz CT molecular complexity index is 2390. The lowest BCUT2D eigenvalue weighted by molar-refractivity contribution is -0.196. The van der Waals surface area contributed by atoms with E-state index in [4.69, 9.17) is 16.2 Å². The summed E-state index contributed by atoms with van der Waals surface area (Å²) in [6.07, 6.45) is 13.5. The number of fused-ring (bicyclic) bond motifs is 10. The second-order valence-corrected chi connectivity index (χ2v) is 25.1. The van der Waals surface area contributed by atoms with Crippen LogP contribution in [0.2, 0.25) is 0 Å². The summed E-state index contributed by atoms with van der Waals surface area (Å²) in [7, 11) is 0. The van der Waals surface area contributed by atoms with Crippen molar-refractivity contribution in [2.45, 2.75) is 172 Å². The van der Waals surface area contributed by atoms with Gasteiger partial charge in [0.05, 0.1) is 54.3 Å². The first-order valence-corrected chi connectivity index (χ1v) is 27.8. The van der Waals surface area contributed by atoms with Gasteiger partial charge in [-0.15, -0.1) is 5.92 Å². The third-order valence-corrected chi connectivity index (χ3v) is 21.4. The Morgan fingerprint density at radius 2 is 1.75 bits per heavy atom. The number of hydrogen-bond donors (Lipinski definition) is 9. The van der Waals surface area contributed by atoms with Crippen molar-refractivity contribution in [3.8, 4) is 11.8 Å². The molecule has 0 radical (unpaired) electrons. The molecule has 1 aromatic rings. The predicted molar refractivity (Wildman–Crippen MR) is 272 cm³/mol. The molecule has 5 saturated carbocycles. The van der Waals surface area contributed by atoms with E-state index in [0.29, 0.717) is 36.7 Å². The number of aliphatic hydroxyl groups is 5. The second kappa shape index (κ2) is 19.6. The number of aromatic amines is 1. The van der Waals surface area contributed by atoms with E-state index in [2.05, 4.69) is 47.1 Å². The zero-order valence-electron chi connectivity index (χ0n) is 43.2. The van der Waals surface area contributed by atoms with E-state index >= 15 is 4.79 Å². The monoisotopic (exact) mass is 994 g/mol. The van der Waals surface area contributed by atoms with Gasteiger partial charge in [0.2, 0.25) is 0 Å². The smallest absolute Gasteiger partial charge is 0.313 e. The Morgan fingerprint density at radius 1 is 0.972 bits per heavy atom. The Morgan fingerprint density at radius 3 is 2.47 bits per heavy atom. The number of nitrogens with zero attached hydrogens (tertiary/aromatic N) is 1. The van der Waals surface area contributed by atoms with Crippen LogP contribution in [-0.4, -0.2) is 103 Å². The normalized spacial score (nSPS) is 45.2. The zero-order chi connectivity index (χ0) is 51.1. The van der Waals surface area contributed by atoms with Crippen molar-refractivity contribution in [1.82, 2.24) is 10.3 Å². The van der Waals surface area contributed by atoms with Crippen LogP contribution in [0.15, 0.2) is 46.4 Å². The maximum absolute atomic E-state index is 15.6. The number of guanidine groups is 1. The molecule has 19 unspecified atom stereocenters. The number of esters is 1. The van der Waals surface area contributed by atoms with Crippen molar-refractivity contribution < 1.29 is 44.7 Å². The van der Waals surface area contributed by atoms with E-state index in [0.717, 1.165) is 63.4 Å². The summed E-state index contributed by atoms with van der Waals surface area (Å²) in [6, 6.07) is 1.95. The highest BCUT2D eigenvalue weighted by Crippen LogP contribution is 2.74. The first kappa shape index (κ1) is 51.5. The summed E-state index contributed by atoms with van der Waals surface area (Å²) in [4.78, 5) is 49.9. The fraction of sp³-hybridized carbons (Fsp3) is 0.759. The molecular formula is C58H83N5O9. The lowest BCUT2D eigenvalue weighted by Crippen LogP contribution is -2.67. The van der Waals surface area contributed by atoms with Crippen LogP contribution < -0.4 is 16.8 Å². The molecule has 1 aromatic heterocycles. The van der Waals surface area contributed by atoms with Crippen LogP contribution in [0.25, 0.3) is 0 Å². The van der Waals surface area contributed by atoms with Crippen LogP contribution in [0, 0.1) is 93.7 Å². The summed E-state index contributed by atoms with van der Waals surface area (Å²) in [5.74, 6) is 4.84. The van der Waals surface area contributed by atoms with Crippen LogP contribution in [-0.2, 0) is 19.1 Å². The number of aliphatic hydroxyl groups excluding tert-OH is 3. The third-order valence-electron chi connectivity index (χ3n) is 21.4. The van der Waals surface area contributed by atoms with E-state index in [1.807, 2.05) is 18.5 Å². The molecule has 0 bridgehead atoms. The van der Waals surface area contributed by atoms with Crippen LogP contribution in [0.3, 0.4) is 0 Å². The summed E-state index contributed by atoms with van der Waals surface area (Å²) in [5, 5.41) is 67.4. The van der Waals surface area contributed by atoms with Crippen LogP contribution in [0.1, 0.15) is 148 Å². The molecule has 72 heavy (non-hydrogen) atoms. The number of nitrogens with one attached hydrogen (secondary N) is 2. The van der Waals surface area contributed by atoms with Gasteiger partial charge in [-0.1, -0.05) is 44.3 Å². The number of aromatic nitrogens is 1. The van der Waals surface area contributed by atoms with Gasteiger partial charge in [0.25, 0.3) is 0 Å². The number of rotatable bonds is 9. The maximum Gasteiger partial charge on any atom is 0.313 e. The fourth-order valence-electron chi connectivity index (χ4n) is 18.4. The molecule has 1 aliphatic heterocycles. The number of cyclic esters (lactones) is 1. The number of ketones is 2. The molecule has 19 atom stereocenters. The number of H-pyrrole nitrogens is 1. The van der Waals surface area contributed by atoms with Crippen molar-refractivity contribution >= 4 is 23.5 Å². The minimum absolute atomic E-state index is 0.0211. The van der Waals surface area contributed by atoms with Crippen LogP contribution in [0.4, 0.5) is 0 Å². The standard InChI is InChI=1S/C58H83N5O9/c1-31-12-13-34-14-15-39-32(2)23-47(67)55(4,70)52-36(9-7-8-35(24-41(39)40(34)22-31)42-30-72-53(69)48(42)37-17-20-61-29-37)26-58(71)49-43(16-18-56(52,58)19-21-62-54(59)60)57(38-10-5-6-11-38)27-46(66)45(65)25-44(57)51(68)50(49)63-28-33(3)64/h14,17,20,29,31-32,35-36,38-48,52,61,63,65-67,70-71H,5-6,9-13,15-16,18-19,21-28,30H2,1-4H3,(H4,59,60,62). The van der Waals surface area contributed by atoms with Crippen LogP contribution in [0.5, 0.6) is 0 Å². The maximum atomic E-state index is 15.6. The van der Waals surface area contributed by atoms with Gasteiger partial charge in [-0.05, 0) is 174 Å². The number of allylic oxidation sites excluding steroid dienone is 3. The molecule has 14 heteroatoms. The molecule has 6 fully saturated rings. The van der Waals surface area contributed by atoms with Gasteiger partial charge >= 0.3 is 5.97 Å². The molecule has 0 amide bonds. The summed E-state index contributed by atoms with van der Waals surface area (Å²) in [6.45, 7) is 7.99. The third kappa shape index (κ3) is 8.42. The van der Waals surface area contributed by atoms with Gasteiger partial charge in [-0.2, -0.15) is 0 Å². The van der Waals surface area contributed by atoms with Gasteiger partial charge in [-0.25, -0.2) is 0 Å². The Kier molecular flexibility index (Phi) is 14.0. The molecule has 11 N–H and O–H groups in total. The molecule has 10 rings (SSSR count). The molecule has 14 nitrogen and oxygen atoms in total. The fourth-order valence-corrected chi connectivity index (χ4v) is 18.4. The van der Waals surface area contributed by atoms with Crippen molar-refractivity contribution in [3.63, 3.8) is 0 Å². The minimum Gasteiger partial charge on any atom is -0.465 e. The summed E-state index contributed by atoms with van der Waals surface area (Å²) < 4.78 is 5.93. The van der Waals surface area contributed by atoms with E-state index in [1.165, 1.54) is 12.5 Å². The van der Waals surface area contributed by atoms with E-state index in [-0.39, 0.29) is 117 Å². The molecule has 394 valence electrons. The molecule has 1 saturated heterocycles. The first-order chi connectivity index (χ1) is 34.3. The van der Waals surface area contributed by atoms with E-state index < -0.39 is 69.9 Å². The first-order valence-electron chi connectivity index (χ1n) is 27.8. The summed E-state index contributed by atoms with van der Waals surface area (Å²) in [5.41, 5.74) is 9.65. The number of ether oxygens (including phenoxy) is 1. The minimum atomic E-state index is -1.79. The lowest BCUT2D eigenvalue weighted by atomic mass is 9.41. The molecule has 8 aliphatic carbocycles. The van der Waals surface area contributed by atoms with Crippen molar-refractivity contribution in [1.29, 1.82) is 0 Å². The van der Waals surface area contributed by atoms with Crippen molar-refractivity contribution in [2.24, 2.45) is 98.3 Å². The number of aliphatic imine (C=N–C) groups is 1. The number of hydrogen-bond acceptors (Lipinski definition) is 11. The highest BCUT2D eigenvalue weighted by atomic mass is 16.5. The predicted octanol–water partition coefficient (Wildman–Crippen LogP) is 5.57. The Hall–Kier alpha value is -4.00. The number of Topliss-reactive ketones (excluding diaryl/α,β-unsaturated/α-hetero) is 2. The quantitative estimate of drug-likeness (QED) is 0.0484. The molecular weight excluding hydrogens is 911 g/mol. The molecule has 2 heterocycles. The van der Waals surface area contributed by atoms with Crippen molar-refractivity contribution in [2.75, 3.05) is 19.7 Å². The number of nitrogens with two attached hydrogens (primary N) is 2. The van der Waals surface area contributed by atoms with Gasteiger partial charge in [0.15, 0.2) is 11.7 Å². The number of carbonyl (C=O) groups is 3. The average molecular weight is 994 g/mol. The van der Waals surface area contributed by atoms with Gasteiger partial charge in [-0.3, -0.25) is 19.4 Å². The van der Waals surface area contributed by atoms with E-state index in [9.17, 15) is 35.1 Å².